The number of rotatable bonds is 6. The topological polar surface area (TPSA) is 55.1 Å². The molecule has 0 saturated carbocycles. The minimum atomic E-state index is 0.199. The number of nitrogens with one attached hydrogen (secondary N) is 1. The first kappa shape index (κ1) is 20.1. The maximum absolute atomic E-state index is 10.9. The van der Waals surface area contributed by atoms with Gasteiger partial charge in [0.25, 0.3) is 0 Å². The van der Waals surface area contributed by atoms with Crippen LogP contribution in [0.4, 0.5) is 17.1 Å². The second kappa shape index (κ2) is 9.35. The maximum Gasteiger partial charge on any atom is 0.211 e. The molecule has 0 heterocycles. The highest BCUT2D eigenvalue weighted by molar-refractivity contribution is 7.98. The fourth-order valence-corrected chi connectivity index (χ4v) is 3.37. The van der Waals surface area contributed by atoms with E-state index in [2.05, 4.69) is 37.7 Å². The van der Waals surface area contributed by atoms with Crippen LogP contribution in [0.25, 0.3) is 0 Å². The predicted octanol–water partition coefficient (Wildman–Crippen LogP) is 4.84. The molecule has 1 amide bonds. The molecule has 130 valence electrons. The van der Waals surface area contributed by atoms with Crippen LogP contribution in [0.5, 0.6) is 0 Å². The second-order valence-electron chi connectivity index (χ2n) is 5.30. The monoisotopic (exact) mass is 346 g/mol. The van der Waals surface area contributed by atoms with Crippen LogP contribution in [0, 0.1) is 0 Å². The van der Waals surface area contributed by atoms with Gasteiger partial charge in [-0.25, -0.2) is 3.89 Å². The molecule has 3 N–H and O–H groups in total. The minimum Gasteiger partial charge on any atom is -0.399 e. The normalized spacial score (nSPS) is 13.9. The minimum absolute atomic E-state index is 0.199. The summed E-state index contributed by atoms with van der Waals surface area (Å²) in [5.41, 5.74) is 9.66. The van der Waals surface area contributed by atoms with Gasteiger partial charge in [0, 0.05) is 23.6 Å². The number of hydrogen-bond donors (Lipinski definition) is 2. The van der Waals surface area contributed by atoms with E-state index >= 15 is 0 Å². The van der Waals surface area contributed by atoms with Crippen molar-refractivity contribution in [3.05, 3.63) is 54.1 Å². The zero-order valence-electron chi connectivity index (χ0n) is 15.1. The molecule has 0 aliphatic rings. The van der Waals surface area contributed by atoms with Crippen LogP contribution in [0.1, 0.15) is 32.4 Å². The number of nitrogen functional groups attached to an aromatic ring is 1. The van der Waals surface area contributed by atoms with Crippen molar-refractivity contribution in [3.8, 4) is 0 Å². The lowest BCUT2D eigenvalue weighted by atomic mass is 10.1. The summed E-state index contributed by atoms with van der Waals surface area (Å²) in [7, 11) is 2.13. The largest absolute Gasteiger partial charge is 0.399 e. The average Bonchev–Trinajstić information content (AvgIpc) is 2.64. The SMILES string of the molecule is CC.CS[N+](C)(c1cc(N)ccc1NC=O)C(C)c1ccccc1. The van der Waals surface area contributed by atoms with E-state index in [9.17, 15) is 4.79 Å². The molecule has 2 unspecified atom stereocenters. The Kier molecular flexibility index (Phi) is 7.82. The Morgan fingerprint density at radius 3 is 2.33 bits per heavy atom. The van der Waals surface area contributed by atoms with Gasteiger partial charge < -0.3 is 11.1 Å². The number of quaternary nitrogens is 1. The van der Waals surface area contributed by atoms with Crippen LogP contribution < -0.4 is 14.9 Å². The zero-order valence-corrected chi connectivity index (χ0v) is 15.9. The fraction of sp³-hybridized carbons (Fsp3) is 0.316. The molecule has 0 bridgehead atoms. The van der Waals surface area contributed by atoms with E-state index in [0.29, 0.717) is 16.0 Å². The number of nitrogens with zero attached hydrogens (tertiary/aromatic N) is 1. The molecule has 0 radical (unpaired) electrons. The van der Waals surface area contributed by atoms with Gasteiger partial charge in [0.1, 0.15) is 11.7 Å². The second-order valence-corrected chi connectivity index (χ2v) is 6.42. The first-order valence-electron chi connectivity index (χ1n) is 8.10. The Labute approximate surface area is 149 Å². The molecule has 24 heavy (non-hydrogen) atoms. The summed E-state index contributed by atoms with van der Waals surface area (Å²) in [6, 6.07) is 16.1. The van der Waals surface area contributed by atoms with E-state index in [1.54, 1.807) is 18.0 Å². The van der Waals surface area contributed by atoms with Crippen molar-refractivity contribution >= 4 is 35.4 Å². The van der Waals surface area contributed by atoms with Gasteiger partial charge in [-0.15, -0.1) is 0 Å². The van der Waals surface area contributed by atoms with Crippen LogP contribution in [-0.4, -0.2) is 19.7 Å². The van der Waals surface area contributed by atoms with E-state index in [1.165, 1.54) is 5.56 Å². The number of nitrogens with two attached hydrogens (primary N) is 1. The van der Waals surface area contributed by atoms with Gasteiger partial charge in [-0.05, 0) is 19.1 Å². The quantitative estimate of drug-likeness (QED) is 0.340. The third-order valence-electron chi connectivity index (χ3n) is 4.11. The molecule has 0 aliphatic carbocycles. The summed E-state index contributed by atoms with van der Waals surface area (Å²) < 4.78 is 0.575. The van der Waals surface area contributed by atoms with Crippen LogP contribution in [0.2, 0.25) is 0 Å². The standard InChI is InChI=1S/C17H21N3OS.C2H6/c1-13(14-7-5-4-6-8-14)20(2,22-3)17-11-15(18)9-10-16(17)19-12-21;1-2/h4-13H,18H2,1-3H3;1-2H3/p+1. The van der Waals surface area contributed by atoms with Crippen molar-refractivity contribution < 1.29 is 4.79 Å². The Bertz CT molecular complexity index is 648. The highest BCUT2D eigenvalue weighted by Crippen LogP contribution is 2.44. The summed E-state index contributed by atoms with van der Waals surface area (Å²) in [5, 5.41) is 2.78. The Balaban J connectivity index is 0.00000139. The molecule has 2 aromatic carbocycles. The highest BCUT2D eigenvalue weighted by Gasteiger charge is 2.35. The Morgan fingerprint density at radius 2 is 1.79 bits per heavy atom. The number of benzene rings is 2. The van der Waals surface area contributed by atoms with Gasteiger partial charge in [0.15, 0.2) is 5.69 Å². The zero-order chi connectivity index (χ0) is 18.2. The van der Waals surface area contributed by atoms with Crippen molar-refractivity contribution in [1.29, 1.82) is 0 Å². The predicted molar refractivity (Wildman–Crippen MR) is 108 cm³/mol. The van der Waals surface area contributed by atoms with Crippen LogP contribution in [-0.2, 0) is 4.79 Å². The molecule has 2 rings (SSSR count). The molecule has 4 nitrogen and oxygen atoms in total. The Morgan fingerprint density at radius 1 is 1.17 bits per heavy atom. The summed E-state index contributed by atoms with van der Waals surface area (Å²) >= 11 is 1.70. The van der Waals surface area contributed by atoms with Gasteiger partial charge in [-0.1, -0.05) is 44.2 Å². The van der Waals surface area contributed by atoms with Gasteiger partial charge in [0.2, 0.25) is 6.41 Å². The third-order valence-corrected chi connectivity index (χ3v) is 5.39. The average molecular weight is 347 g/mol. The number of carbonyl (C=O) groups is 1. The highest BCUT2D eigenvalue weighted by atomic mass is 32.2. The number of carbonyl (C=O) groups excluding carboxylic acids is 1. The Hall–Kier alpha value is -1.98. The molecule has 0 fully saturated rings. The van der Waals surface area contributed by atoms with E-state index in [0.717, 1.165) is 11.4 Å². The lowest BCUT2D eigenvalue weighted by Gasteiger charge is -2.37. The van der Waals surface area contributed by atoms with Gasteiger partial charge in [-0.2, -0.15) is 0 Å². The van der Waals surface area contributed by atoms with Crippen molar-refractivity contribution in [2.24, 2.45) is 0 Å². The summed E-state index contributed by atoms with van der Waals surface area (Å²) in [4.78, 5) is 10.9. The molecule has 0 aliphatic heterocycles. The number of amides is 1. The van der Waals surface area contributed by atoms with E-state index in [1.807, 2.05) is 44.2 Å². The van der Waals surface area contributed by atoms with Crippen molar-refractivity contribution in [1.82, 2.24) is 3.89 Å². The maximum atomic E-state index is 10.9. The first-order chi connectivity index (χ1) is 11.5. The smallest absolute Gasteiger partial charge is 0.211 e. The summed E-state index contributed by atoms with van der Waals surface area (Å²) in [6.07, 6.45) is 2.76. The van der Waals surface area contributed by atoms with Crippen molar-refractivity contribution in [2.75, 3.05) is 24.4 Å². The first-order valence-corrected chi connectivity index (χ1v) is 9.28. The molecule has 0 aromatic heterocycles. The van der Waals surface area contributed by atoms with Gasteiger partial charge in [0.05, 0.1) is 19.0 Å². The van der Waals surface area contributed by atoms with Crippen molar-refractivity contribution in [3.63, 3.8) is 0 Å². The fourth-order valence-electron chi connectivity index (χ4n) is 2.58. The van der Waals surface area contributed by atoms with E-state index < -0.39 is 0 Å². The molecule has 2 aromatic rings. The number of anilines is 2. The number of hydrogen-bond acceptors (Lipinski definition) is 3. The molecular weight excluding hydrogens is 318 g/mol. The lowest BCUT2D eigenvalue weighted by Crippen LogP contribution is -2.40. The summed E-state index contributed by atoms with van der Waals surface area (Å²) in [5.74, 6) is 0. The van der Waals surface area contributed by atoms with Gasteiger partial charge in [-0.3, -0.25) is 4.79 Å². The molecular formula is C19H28N3OS+. The molecule has 2 atom stereocenters. The van der Waals surface area contributed by atoms with Crippen LogP contribution >= 0.6 is 11.9 Å². The lowest BCUT2D eigenvalue weighted by molar-refractivity contribution is -0.105. The summed E-state index contributed by atoms with van der Waals surface area (Å²) in [6.45, 7) is 6.18. The molecule has 5 heteroatoms. The third kappa shape index (κ3) is 4.30. The van der Waals surface area contributed by atoms with Gasteiger partial charge >= 0.3 is 0 Å². The van der Waals surface area contributed by atoms with E-state index in [4.69, 9.17) is 5.73 Å². The van der Waals surface area contributed by atoms with Crippen molar-refractivity contribution in [2.45, 2.75) is 26.8 Å². The van der Waals surface area contributed by atoms with Crippen LogP contribution in [0.15, 0.2) is 48.5 Å². The molecule has 0 saturated heterocycles. The van der Waals surface area contributed by atoms with E-state index in [-0.39, 0.29) is 6.04 Å². The molecule has 0 spiro atoms. The van der Waals surface area contributed by atoms with Crippen LogP contribution in [0.3, 0.4) is 0 Å².